The summed E-state index contributed by atoms with van der Waals surface area (Å²) in [4.78, 5) is 33.3. The number of aromatic nitrogens is 1. The van der Waals surface area contributed by atoms with E-state index in [1.54, 1.807) is 17.1 Å². The number of rotatable bonds is 5. The number of carbonyl (C=O) groups excluding carboxylic acids is 2. The molecule has 2 saturated heterocycles. The van der Waals surface area contributed by atoms with Crippen LogP contribution in [0.2, 0.25) is 0 Å². The second-order valence-corrected chi connectivity index (χ2v) is 9.47. The fraction of sp³-hybridized carbons (Fsp3) is 0.520. The van der Waals surface area contributed by atoms with Gasteiger partial charge in [0, 0.05) is 55.6 Å². The fourth-order valence-corrected chi connectivity index (χ4v) is 5.35. The number of nitrogens with zero attached hydrogens (tertiary/aromatic N) is 2. The Hall–Kier alpha value is -2.75. The lowest BCUT2D eigenvalue weighted by Gasteiger charge is -2.31. The van der Waals surface area contributed by atoms with E-state index in [2.05, 4.69) is 15.2 Å². The van der Waals surface area contributed by atoms with E-state index in [0.717, 1.165) is 30.8 Å². The zero-order valence-corrected chi connectivity index (χ0v) is 19.3. The number of halogens is 1. The maximum absolute atomic E-state index is 13.8. The van der Waals surface area contributed by atoms with Crippen molar-refractivity contribution in [3.8, 4) is 0 Å². The smallest absolute Gasteiger partial charge is 0.256 e. The molecule has 2 unspecified atom stereocenters. The number of aliphatic hydroxyl groups excluding tert-OH is 1. The molecule has 2 fully saturated rings. The molecule has 0 bridgehead atoms. The molecule has 3 aliphatic heterocycles. The maximum Gasteiger partial charge on any atom is 0.256 e. The topological polar surface area (TPSA) is 97.9 Å². The van der Waals surface area contributed by atoms with Gasteiger partial charge in [-0.15, -0.1) is 0 Å². The summed E-state index contributed by atoms with van der Waals surface area (Å²) in [5.74, 6) is -1.06. The van der Waals surface area contributed by atoms with Gasteiger partial charge in [0.15, 0.2) is 0 Å². The number of hydrogen-bond acceptors (Lipinski definition) is 5. The van der Waals surface area contributed by atoms with Crippen LogP contribution in [0, 0.1) is 12.8 Å². The van der Waals surface area contributed by atoms with Crippen LogP contribution >= 0.6 is 0 Å². The summed E-state index contributed by atoms with van der Waals surface area (Å²) in [7, 11) is 0. The number of aryl methyl sites for hydroxylation is 1. The SMILES string of the molecule is Cc1c(/C=C2\C(=O)NC3C=CC(F)=CC23)[nH]c2c1C(=O)N(C[C@H](O)CN1CCOCC1)CCC2. The maximum atomic E-state index is 13.8. The molecule has 0 radical (unpaired) electrons. The van der Waals surface area contributed by atoms with E-state index in [4.69, 9.17) is 4.74 Å². The number of aromatic amines is 1. The number of amides is 2. The average Bonchev–Trinajstić information content (AvgIpc) is 3.23. The molecule has 3 atom stereocenters. The number of allylic oxidation sites excluding steroid dienone is 2. The third kappa shape index (κ3) is 4.47. The van der Waals surface area contributed by atoms with Crippen molar-refractivity contribution in [2.45, 2.75) is 31.9 Å². The average molecular weight is 471 g/mol. The molecule has 182 valence electrons. The van der Waals surface area contributed by atoms with Crippen molar-refractivity contribution in [3.05, 3.63) is 52.1 Å². The van der Waals surface area contributed by atoms with Crippen molar-refractivity contribution < 1.29 is 23.8 Å². The van der Waals surface area contributed by atoms with Crippen molar-refractivity contribution in [2.24, 2.45) is 5.92 Å². The van der Waals surface area contributed by atoms with Crippen molar-refractivity contribution >= 4 is 17.9 Å². The lowest BCUT2D eigenvalue weighted by atomic mass is 9.90. The highest BCUT2D eigenvalue weighted by atomic mass is 19.1. The predicted octanol–water partition coefficient (Wildman–Crippen LogP) is 1.33. The van der Waals surface area contributed by atoms with Crippen LogP contribution in [0.5, 0.6) is 0 Å². The Labute approximate surface area is 198 Å². The second-order valence-electron chi connectivity index (χ2n) is 9.47. The number of β-amino-alcohol motifs (C(OH)–C–C–N with tert-alkyl or cyclic N) is 1. The molecule has 3 N–H and O–H groups in total. The van der Waals surface area contributed by atoms with E-state index < -0.39 is 6.10 Å². The van der Waals surface area contributed by atoms with Gasteiger partial charge in [0.1, 0.15) is 5.83 Å². The minimum atomic E-state index is -0.635. The monoisotopic (exact) mass is 470 g/mol. The Kier molecular flexibility index (Phi) is 6.42. The first-order valence-electron chi connectivity index (χ1n) is 12.0. The summed E-state index contributed by atoms with van der Waals surface area (Å²) < 4.78 is 19.2. The zero-order valence-electron chi connectivity index (χ0n) is 19.3. The Morgan fingerprint density at radius 2 is 2.06 bits per heavy atom. The number of ether oxygens (including phenoxy) is 1. The van der Waals surface area contributed by atoms with Crippen LogP contribution in [0.25, 0.3) is 6.08 Å². The first-order chi connectivity index (χ1) is 16.4. The van der Waals surface area contributed by atoms with Gasteiger partial charge in [-0.3, -0.25) is 14.5 Å². The largest absolute Gasteiger partial charge is 0.390 e. The van der Waals surface area contributed by atoms with E-state index >= 15 is 0 Å². The third-order valence-corrected chi connectivity index (χ3v) is 7.13. The first kappa shape index (κ1) is 23.0. The number of morpholine rings is 1. The van der Waals surface area contributed by atoms with Gasteiger partial charge < -0.3 is 25.0 Å². The minimum absolute atomic E-state index is 0.104. The van der Waals surface area contributed by atoms with Crippen molar-refractivity contribution in [3.63, 3.8) is 0 Å². The molecule has 1 aromatic heterocycles. The van der Waals surface area contributed by atoms with Gasteiger partial charge in [-0.1, -0.05) is 6.08 Å². The quantitative estimate of drug-likeness (QED) is 0.564. The molecule has 9 heteroatoms. The zero-order chi connectivity index (χ0) is 23.8. The molecule has 8 nitrogen and oxygen atoms in total. The summed E-state index contributed by atoms with van der Waals surface area (Å²) in [6, 6.07) is -0.253. The van der Waals surface area contributed by atoms with Crippen molar-refractivity contribution in [1.29, 1.82) is 0 Å². The number of fused-ring (bicyclic) bond motifs is 2. The van der Waals surface area contributed by atoms with Crippen LogP contribution in [-0.4, -0.2) is 89.8 Å². The molecule has 4 heterocycles. The Balaban J connectivity index is 1.35. The van der Waals surface area contributed by atoms with Gasteiger partial charge in [-0.25, -0.2) is 4.39 Å². The summed E-state index contributed by atoms with van der Waals surface area (Å²) in [5.41, 5.74) is 3.41. The molecule has 34 heavy (non-hydrogen) atoms. The van der Waals surface area contributed by atoms with Gasteiger partial charge >= 0.3 is 0 Å². The van der Waals surface area contributed by atoms with E-state index in [9.17, 15) is 19.1 Å². The molecule has 4 aliphatic rings. The molecular formula is C25H31FN4O4. The first-order valence-corrected chi connectivity index (χ1v) is 12.0. The lowest BCUT2D eigenvalue weighted by molar-refractivity contribution is -0.116. The second kappa shape index (κ2) is 9.48. The van der Waals surface area contributed by atoms with Crippen LogP contribution in [0.15, 0.2) is 29.6 Å². The van der Waals surface area contributed by atoms with Crippen LogP contribution in [0.3, 0.4) is 0 Å². The molecule has 1 aromatic rings. The Morgan fingerprint density at radius 3 is 2.85 bits per heavy atom. The molecule has 0 spiro atoms. The number of carbonyl (C=O) groups is 2. The molecule has 2 amide bonds. The van der Waals surface area contributed by atoms with Gasteiger partial charge in [0.05, 0.1) is 30.9 Å². The summed E-state index contributed by atoms with van der Waals surface area (Å²) >= 11 is 0. The van der Waals surface area contributed by atoms with Gasteiger partial charge in [-0.05, 0) is 43.6 Å². The van der Waals surface area contributed by atoms with Crippen LogP contribution in [0.4, 0.5) is 4.39 Å². The number of hydrogen-bond donors (Lipinski definition) is 3. The molecule has 1 aliphatic carbocycles. The van der Waals surface area contributed by atoms with Gasteiger partial charge in [-0.2, -0.15) is 0 Å². The lowest BCUT2D eigenvalue weighted by Crippen LogP contribution is -2.46. The number of H-pyrrole nitrogens is 1. The molecular weight excluding hydrogens is 439 g/mol. The predicted molar refractivity (Wildman–Crippen MR) is 125 cm³/mol. The minimum Gasteiger partial charge on any atom is -0.390 e. The number of aliphatic hydroxyl groups is 1. The van der Waals surface area contributed by atoms with Crippen molar-refractivity contribution in [1.82, 2.24) is 20.1 Å². The van der Waals surface area contributed by atoms with E-state index in [1.807, 2.05) is 6.92 Å². The molecule has 5 rings (SSSR count). The highest BCUT2D eigenvalue weighted by molar-refractivity contribution is 6.03. The van der Waals surface area contributed by atoms with Gasteiger partial charge in [0.25, 0.3) is 5.91 Å². The van der Waals surface area contributed by atoms with E-state index in [1.165, 1.54) is 12.2 Å². The standard InChI is InChI=1S/C25H31FN4O4/c1-15-22(12-19-18-11-16(26)4-5-20(18)28-24(19)32)27-21-3-2-6-30(25(33)23(15)21)14-17(31)13-29-7-9-34-10-8-29/h4-5,11-12,17-18,20,27,31H,2-3,6-10,13-14H2,1H3,(H,28,32)/b19-12-/t17-,18?,20?/m1/s1. The van der Waals surface area contributed by atoms with Gasteiger partial charge in [0.2, 0.25) is 5.91 Å². The summed E-state index contributed by atoms with van der Waals surface area (Å²) in [6.07, 6.45) is 7.09. The third-order valence-electron chi connectivity index (χ3n) is 7.13. The molecule has 0 aromatic carbocycles. The number of nitrogens with one attached hydrogen (secondary N) is 2. The van der Waals surface area contributed by atoms with E-state index in [0.29, 0.717) is 49.6 Å². The Morgan fingerprint density at radius 1 is 1.26 bits per heavy atom. The normalized spacial score (nSPS) is 27.3. The van der Waals surface area contributed by atoms with Crippen LogP contribution in [0.1, 0.15) is 33.7 Å². The van der Waals surface area contributed by atoms with Crippen LogP contribution in [-0.2, 0) is 16.0 Å². The van der Waals surface area contributed by atoms with E-state index in [-0.39, 0.29) is 36.1 Å². The van der Waals surface area contributed by atoms with Crippen LogP contribution < -0.4 is 5.32 Å². The fourth-order valence-electron chi connectivity index (χ4n) is 5.35. The van der Waals surface area contributed by atoms with Crippen molar-refractivity contribution in [2.75, 3.05) is 45.9 Å². The summed E-state index contributed by atoms with van der Waals surface area (Å²) in [6.45, 7) is 6.15. The highest BCUT2D eigenvalue weighted by Gasteiger charge is 2.37. The summed E-state index contributed by atoms with van der Waals surface area (Å²) in [5, 5.41) is 13.5. The Bertz CT molecular complexity index is 1070. The molecule has 0 saturated carbocycles. The highest BCUT2D eigenvalue weighted by Crippen LogP contribution is 2.33.